The number of fused-ring (bicyclic) bond motifs is 1. The number of aromatic nitrogens is 1. The molecule has 0 saturated carbocycles. The summed E-state index contributed by atoms with van der Waals surface area (Å²) in [6.45, 7) is 6.77. The Kier molecular flexibility index (Phi) is 5.31. The highest BCUT2D eigenvalue weighted by atomic mass is 16.5. The average Bonchev–Trinajstić information content (AvgIpc) is 2.42. The van der Waals surface area contributed by atoms with Gasteiger partial charge in [0.25, 0.3) is 0 Å². The van der Waals surface area contributed by atoms with Crippen molar-refractivity contribution in [2.24, 2.45) is 0 Å². The molecule has 2 rings (SSSR count). The second-order valence-corrected chi connectivity index (χ2v) is 4.97. The van der Waals surface area contributed by atoms with Crippen LogP contribution in [-0.4, -0.2) is 24.2 Å². The Balaban J connectivity index is 1.82. The summed E-state index contributed by atoms with van der Waals surface area (Å²) in [5, 5.41) is 5.93. The van der Waals surface area contributed by atoms with Crippen LogP contribution in [0.1, 0.15) is 25.8 Å². The number of nitrogens with one attached hydrogen (secondary N) is 1. The molecule has 0 radical (unpaired) electrons. The maximum atomic E-state index is 5.51. The molecule has 0 amide bonds. The maximum absolute atomic E-state index is 5.51. The predicted octanol–water partition coefficient (Wildman–Crippen LogP) is 3.14. The second kappa shape index (κ2) is 7.22. The summed E-state index contributed by atoms with van der Waals surface area (Å²) in [7, 11) is 0. The van der Waals surface area contributed by atoms with E-state index in [-0.39, 0.29) is 0 Å². The topological polar surface area (TPSA) is 34.1 Å². The van der Waals surface area contributed by atoms with Crippen molar-refractivity contribution in [3.8, 4) is 0 Å². The second-order valence-electron chi connectivity index (χ2n) is 4.97. The van der Waals surface area contributed by atoms with Gasteiger partial charge >= 0.3 is 0 Å². The molecule has 0 bridgehead atoms. The first-order valence-electron chi connectivity index (χ1n) is 6.91. The predicted molar refractivity (Wildman–Crippen MR) is 79.2 cm³/mol. The molecule has 1 N–H and O–H groups in total. The van der Waals surface area contributed by atoms with E-state index in [1.54, 1.807) is 0 Å². The first kappa shape index (κ1) is 14.0. The normalized spacial score (nSPS) is 11.3. The van der Waals surface area contributed by atoms with Crippen molar-refractivity contribution in [1.82, 2.24) is 10.3 Å². The van der Waals surface area contributed by atoms with Crippen molar-refractivity contribution in [3.63, 3.8) is 0 Å². The molecule has 1 aromatic heterocycles. The molecular formula is C16H22N2O. The Hall–Kier alpha value is -1.45. The van der Waals surface area contributed by atoms with E-state index in [2.05, 4.69) is 42.3 Å². The lowest BCUT2D eigenvalue weighted by Gasteiger charge is -2.09. The molecule has 3 heteroatoms. The minimum absolute atomic E-state index is 0.322. The lowest BCUT2D eigenvalue weighted by molar-refractivity contribution is 0.0770. The van der Waals surface area contributed by atoms with E-state index in [9.17, 15) is 0 Å². The number of nitrogens with zero attached hydrogens (tertiary/aromatic N) is 1. The molecule has 19 heavy (non-hydrogen) atoms. The van der Waals surface area contributed by atoms with Gasteiger partial charge in [0.15, 0.2) is 0 Å². The SMILES string of the molecule is CC(C)OCCCNCc1cncc2ccccc12. The first-order valence-corrected chi connectivity index (χ1v) is 6.91. The summed E-state index contributed by atoms with van der Waals surface area (Å²) in [4.78, 5) is 4.29. The van der Waals surface area contributed by atoms with Gasteiger partial charge in [0.1, 0.15) is 0 Å². The van der Waals surface area contributed by atoms with Crippen molar-refractivity contribution in [2.45, 2.75) is 32.9 Å². The standard InChI is InChI=1S/C16H22N2O/c1-13(2)19-9-5-8-17-11-15-12-18-10-14-6-3-4-7-16(14)15/h3-4,6-7,10,12-13,17H,5,8-9,11H2,1-2H3. The number of benzene rings is 1. The molecule has 0 aliphatic carbocycles. The summed E-state index contributed by atoms with van der Waals surface area (Å²) in [6.07, 6.45) is 5.22. The van der Waals surface area contributed by atoms with Crippen molar-refractivity contribution >= 4 is 10.8 Å². The van der Waals surface area contributed by atoms with Crippen molar-refractivity contribution in [2.75, 3.05) is 13.2 Å². The molecule has 1 aromatic carbocycles. The molecule has 0 aliphatic heterocycles. The van der Waals surface area contributed by atoms with Crippen LogP contribution in [0.2, 0.25) is 0 Å². The maximum Gasteiger partial charge on any atom is 0.0518 e. The Labute approximate surface area is 115 Å². The summed E-state index contributed by atoms with van der Waals surface area (Å²) < 4.78 is 5.51. The molecule has 3 nitrogen and oxygen atoms in total. The van der Waals surface area contributed by atoms with E-state index >= 15 is 0 Å². The quantitative estimate of drug-likeness (QED) is 0.775. The Morgan fingerprint density at radius 1 is 1.21 bits per heavy atom. The van der Waals surface area contributed by atoms with E-state index in [1.165, 1.54) is 16.3 Å². The van der Waals surface area contributed by atoms with Crippen molar-refractivity contribution in [3.05, 3.63) is 42.2 Å². The van der Waals surface area contributed by atoms with E-state index in [0.29, 0.717) is 6.10 Å². The van der Waals surface area contributed by atoms with Crippen LogP contribution in [-0.2, 0) is 11.3 Å². The van der Waals surface area contributed by atoms with E-state index in [4.69, 9.17) is 4.74 Å². The summed E-state index contributed by atoms with van der Waals surface area (Å²) >= 11 is 0. The van der Waals surface area contributed by atoms with Gasteiger partial charge in [-0.15, -0.1) is 0 Å². The molecule has 0 spiro atoms. The fourth-order valence-electron chi connectivity index (χ4n) is 2.06. The van der Waals surface area contributed by atoms with Gasteiger partial charge in [-0.1, -0.05) is 24.3 Å². The lowest BCUT2D eigenvalue weighted by Crippen LogP contribution is -2.17. The van der Waals surface area contributed by atoms with Crippen LogP contribution in [0, 0.1) is 0 Å². The third-order valence-electron chi connectivity index (χ3n) is 3.02. The van der Waals surface area contributed by atoms with Gasteiger partial charge in [0.2, 0.25) is 0 Å². The minimum Gasteiger partial charge on any atom is -0.379 e. The summed E-state index contributed by atoms with van der Waals surface area (Å²) in [6, 6.07) is 8.37. The number of rotatable bonds is 7. The van der Waals surface area contributed by atoms with Gasteiger partial charge in [0.05, 0.1) is 6.10 Å². The number of ether oxygens (including phenoxy) is 1. The zero-order valence-corrected chi connectivity index (χ0v) is 11.7. The number of hydrogen-bond donors (Lipinski definition) is 1. The van der Waals surface area contributed by atoms with Gasteiger partial charge in [-0.05, 0) is 37.8 Å². The Bertz CT molecular complexity index is 506. The largest absolute Gasteiger partial charge is 0.379 e. The van der Waals surface area contributed by atoms with Crippen LogP contribution in [0.5, 0.6) is 0 Å². The van der Waals surface area contributed by atoms with E-state index in [1.807, 2.05) is 18.5 Å². The highest BCUT2D eigenvalue weighted by Gasteiger charge is 2.00. The minimum atomic E-state index is 0.322. The number of pyridine rings is 1. The smallest absolute Gasteiger partial charge is 0.0518 e. The van der Waals surface area contributed by atoms with E-state index in [0.717, 1.165) is 26.1 Å². The molecule has 0 atom stereocenters. The fraction of sp³-hybridized carbons (Fsp3) is 0.438. The van der Waals surface area contributed by atoms with Crippen molar-refractivity contribution in [1.29, 1.82) is 0 Å². The lowest BCUT2D eigenvalue weighted by atomic mass is 10.1. The molecule has 1 heterocycles. The zero-order chi connectivity index (χ0) is 13.5. The van der Waals surface area contributed by atoms with Gasteiger partial charge in [-0.3, -0.25) is 4.98 Å². The summed E-state index contributed by atoms with van der Waals surface area (Å²) in [5.74, 6) is 0. The van der Waals surface area contributed by atoms with Crippen LogP contribution < -0.4 is 5.32 Å². The Morgan fingerprint density at radius 2 is 2.05 bits per heavy atom. The zero-order valence-electron chi connectivity index (χ0n) is 11.7. The Morgan fingerprint density at radius 3 is 2.89 bits per heavy atom. The van der Waals surface area contributed by atoms with Gasteiger partial charge in [0, 0.05) is 30.9 Å². The molecule has 0 unspecified atom stereocenters. The van der Waals surface area contributed by atoms with Crippen LogP contribution in [0.3, 0.4) is 0 Å². The van der Waals surface area contributed by atoms with E-state index < -0.39 is 0 Å². The van der Waals surface area contributed by atoms with Crippen molar-refractivity contribution < 1.29 is 4.74 Å². The molecule has 0 saturated heterocycles. The van der Waals surface area contributed by atoms with Gasteiger partial charge in [-0.25, -0.2) is 0 Å². The molecule has 102 valence electrons. The van der Waals surface area contributed by atoms with Crippen LogP contribution >= 0.6 is 0 Å². The van der Waals surface area contributed by atoms with Crippen LogP contribution in [0.4, 0.5) is 0 Å². The summed E-state index contributed by atoms with van der Waals surface area (Å²) in [5.41, 5.74) is 1.25. The van der Waals surface area contributed by atoms with Crippen LogP contribution in [0.25, 0.3) is 10.8 Å². The molecular weight excluding hydrogens is 236 g/mol. The monoisotopic (exact) mass is 258 g/mol. The van der Waals surface area contributed by atoms with Gasteiger partial charge in [-0.2, -0.15) is 0 Å². The molecule has 0 aliphatic rings. The average molecular weight is 258 g/mol. The highest BCUT2D eigenvalue weighted by Crippen LogP contribution is 2.16. The highest BCUT2D eigenvalue weighted by molar-refractivity contribution is 5.84. The fourth-order valence-corrected chi connectivity index (χ4v) is 2.06. The number of hydrogen-bond acceptors (Lipinski definition) is 3. The third-order valence-corrected chi connectivity index (χ3v) is 3.02. The molecule has 0 fully saturated rings. The van der Waals surface area contributed by atoms with Crippen LogP contribution in [0.15, 0.2) is 36.7 Å². The third kappa shape index (κ3) is 4.30. The first-order chi connectivity index (χ1) is 9.27. The van der Waals surface area contributed by atoms with Gasteiger partial charge < -0.3 is 10.1 Å². The molecule has 2 aromatic rings.